The summed E-state index contributed by atoms with van der Waals surface area (Å²) in [6.45, 7) is 8.42. The van der Waals surface area contributed by atoms with Crippen molar-refractivity contribution in [3.05, 3.63) is 0 Å². The number of aliphatic hydroxyl groups excluding tert-OH is 1. The quantitative estimate of drug-likeness (QED) is 0.523. The number of carbonyl (C=O) groups is 2. The van der Waals surface area contributed by atoms with Gasteiger partial charge in [-0.3, -0.25) is 9.59 Å². The number of ether oxygens (including phenoxy) is 2. The smallest absolute Gasteiger partial charge is 0.325 e. The molecule has 0 radical (unpaired) electrons. The average Bonchev–Trinajstić information content (AvgIpc) is 2.41. The van der Waals surface area contributed by atoms with Crippen LogP contribution in [0.15, 0.2) is 0 Å². The van der Waals surface area contributed by atoms with Crippen LogP contribution in [0.1, 0.15) is 47.5 Å². The molecule has 0 aliphatic heterocycles. The van der Waals surface area contributed by atoms with Crippen molar-refractivity contribution in [2.24, 2.45) is 17.4 Å². The molecule has 0 aromatic carbocycles. The van der Waals surface area contributed by atoms with E-state index in [1.807, 2.05) is 6.92 Å². The molecule has 3 atom stereocenters. The first-order chi connectivity index (χ1) is 10.00. The van der Waals surface area contributed by atoms with Crippen LogP contribution >= 0.6 is 0 Å². The van der Waals surface area contributed by atoms with Crippen LogP contribution in [0.2, 0.25) is 0 Å². The molecule has 0 aliphatic rings. The predicted molar refractivity (Wildman–Crippen MR) is 82.8 cm³/mol. The van der Waals surface area contributed by atoms with E-state index >= 15 is 0 Å². The minimum atomic E-state index is -1.04. The van der Waals surface area contributed by atoms with Gasteiger partial charge < -0.3 is 26.0 Å². The molecule has 7 nitrogen and oxygen atoms in total. The highest BCUT2D eigenvalue weighted by Gasteiger charge is 2.29. The van der Waals surface area contributed by atoms with Gasteiger partial charge in [0, 0.05) is 0 Å². The number of carbonyl (C=O) groups excluding carboxylic acids is 2. The van der Waals surface area contributed by atoms with Gasteiger partial charge in [-0.1, -0.05) is 6.92 Å². The summed E-state index contributed by atoms with van der Waals surface area (Å²) < 4.78 is 10.3. The molecule has 22 heavy (non-hydrogen) atoms. The van der Waals surface area contributed by atoms with Crippen molar-refractivity contribution in [1.29, 1.82) is 0 Å². The van der Waals surface area contributed by atoms with Crippen LogP contribution in [-0.2, 0) is 19.1 Å². The molecule has 5 N–H and O–H groups in total. The molecule has 0 fully saturated rings. The number of rotatable bonds is 9. The van der Waals surface area contributed by atoms with Crippen molar-refractivity contribution in [3.63, 3.8) is 0 Å². The number of aliphatic hydroxyl groups is 1. The number of hydrogen-bond acceptors (Lipinski definition) is 7. The molecule has 2 unspecified atom stereocenters. The molecule has 130 valence electrons. The molecule has 0 aromatic rings. The summed E-state index contributed by atoms with van der Waals surface area (Å²) >= 11 is 0. The third kappa shape index (κ3) is 7.72. The van der Waals surface area contributed by atoms with Gasteiger partial charge in [-0.05, 0) is 46.5 Å². The van der Waals surface area contributed by atoms with E-state index < -0.39 is 36.2 Å². The van der Waals surface area contributed by atoms with Crippen LogP contribution in [-0.4, -0.2) is 47.4 Å². The SMILES string of the molecule is CC(C)OC(=O)[C@H](N)C(C)CCC(C)(C)OC(=O)C(N)CO. The van der Waals surface area contributed by atoms with Gasteiger partial charge in [0.25, 0.3) is 0 Å². The Bertz CT molecular complexity index is 371. The monoisotopic (exact) mass is 318 g/mol. The molecule has 0 bridgehead atoms. The van der Waals surface area contributed by atoms with Crippen molar-refractivity contribution in [2.45, 2.75) is 71.2 Å². The van der Waals surface area contributed by atoms with Gasteiger partial charge in [-0.15, -0.1) is 0 Å². The minimum Gasteiger partial charge on any atom is -0.462 e. The summed E-state index contributed by atoms with van der Waals surface area (Å²) in [4.78, 5) is 23.3. The molecular formula is C15H30N2O5. The number of esters is 2. The fraction of sp³-hybridized carbons (Fsp3) is 0.867. The standard InChI is InChI=1S/C15H30N2O5/c1-9(2)21-14(20)12(17)10(3)6-7-15(4,5)22-13(19)11(16)8-18/h9-12,18H,6-8,16-17H2,1-5H3/t10?,11?,12-/m1/s1. The zero-order chi connectivity index (χ0) is 17.5. The molecule has 0 amide bonds. The summed E-state index contributed by atoms with van der Waals surface area (Å²) in [6, 6.07) is -1.76. The summed E-state index contributed by atoms with van der Waals surface area (Å²) in [5.41, 5.74) is 10.5. The fourth-order valence-electron chi connectivity index (χ4n) is 1.77. The van der Waals surface area contributed by atoms with Gasteiger partial charge in [0.1, 0.15) is 17.7 Å². The molecule has 0 heterocycles. The van der Waals surface area contributed by atoms with E-state index in [-0.39, 0.29) is 12.0 Å². The van der Waals surface area contributed by atoms with E-state index in [1.54, 1.807) is 27.7 Å². The van der Waals surface area contributed by atoms with E-state index in [0.717, 1.165) is 0 Å². The van der Waals surface area contributed by atoms with Gasteiger partial charge in [0.05, 0.1) is 12.7 Å². The molecule has 0 rings (SSSR count). The summed E-state index contributed by atoms with van der Waals surface area (Å²) in [5, 5.41) is 8.83. The van der Waals surface area contributed by atoms with Crippen molar-refractivity contribution in [3.8, 4) is 0 Å². The molecule has 7 heteroatoms. The molecule has 0 saturated carbocycles. The fourth-order valence-corrected chi connectivity index (χ4v) is 1.77. The van der Waals surface area contributed by atoms with Crippen LogP contribution in [0.3, 0.4) is 0 Å². The van der Waals surface area contributed by atoms with E-state index in [0.29, 0.717) is 12.8 Å². The molecule has 0 saturated heterocycles. The number of hydrogen-bond donors (Lipinski definition) is 3. The lowest BCUT2D eigenvalue weighted by Gasteiger charge is -2.28. The highest BCUT2D eigenvalue weighted by molar-refractivity contribution is 5.76. The Balaban J connectivity index is 4.40. The number of nitrogens with two attached hydrogens (primary N) is 2. The highest BCUT2D eigenvalue weighted by Crippen LogP contribution is 2.22. The van der Waals surface area contributed by atoms with E-state index in [2.05, 4.69) is 0 Å². The first-order valence-electron chi connectivity index (χ1n) is 7.55. The normalized spacial score (nSPS) is 16.0. The second-order valence-electron chi connectivity index (χ2n) is 6.50. The maximum atomic E-state index is 11.7. The minimum absolute atomic E-state index is 0.115. The molecule has 0 aliphatic carbocycles. The Kier molecular flexibility index (Phi) is 8.58. The van der Waals surface area contributed by atoms with Crippen LogP contribution in [0.5, 0.6) is 0 Å². The predicted octanol–water partition coefficient (Wildman–Crippen LogP) is 0.323. The highest BCUT2D eigenvalue weighted by atomic mass is 16.6. The zero-order valence-electron chi connectivity index (χ0n) is 14.2. The maximum absolute atomic E-state index is 11.7. The largest absolute Gasteiger partial charge is 0.462 e. The average molecular weight is 318 g/mol. The van der Waals surface area contributed by atoms with E-state index in [9.17, 15) is 9.59 Å². The molecule has 0 spiro atoms. The second-order valence-corrected chi connectivity index (χ2v) is 6.50. The summed E-state index contributed by atoms with van der Waals surface area (Å²) in [6.07, 6.45) is 0.895. The molecular weight excluding hydrogens is 288 g/mol. The van der Waals surface area contributed by atoms with Crippen molar-refractivity contribution < 1.29 is 24.2 Å². The summed E-state index contributed by atoms with van der Waals surface area (Å²) in [5.74, 6) is -1.20. The maximum Gasteiger partial charge on any atom is 0.325 e. The Morgan fingerprint density at radius 3 is 2.14 bits per heavy atom. The van der Waals surface area contributed by atoms with Crippen LogP contribution in [0, 0.1) is 5.92 Å². The van der Waals surface area contributed by atoms with Gasteiger partial charge in [-0.2, -0.15) is 0 Å². The lowest BCUT2D eigenvalue weighted by atomic mass is 9.91. The second kappa shape index (κ2) is 9.07. The zero-order valence-corrected chi connectivity index (χ0v) is 14.2. The van der Waals surface area contributed by atoms with Crippen molar-refractivity contribution in [2.75, 3.05) is 6.61 Å². The van der Waals surface area contributed by atoms with Gasteiger partial charge in [-0.25, -0.2) is 0 Å². The van der Waals surface area contributed by atoms with Crippen LogP contribution in [0.4, 0.5) is 0 Å². The first kappa shape index (κ1) is 20.8. The Hall–Kier alpha value is -1.18. The van der Waals surface area contributed by atoms with Crippen molar-refractivity contribution in [1.82, 2.24) is 0 Å². The third-order valence-electron chi connectivity index (χ3n) is 3.32. The van der Waals surface area contributed by atoms with Crippen LogP contribution < -0.4 is 11.5 Å². The van der Waals surface area contributed by atoms with Crippen molar-refractivity contribution >= 4 is 11.9 Å². The Morgan fingerprint density at radius 1 is 1.14 bits per heavy atom. The lowest BCUT2D eigenvalue weighted by Crippen LogP contribution is -2.42. The van der Waals surface area contributed by atoms with Gasteiger partial charge in [0.15, 0.2) is 0 Å². The van der Waals surface area contributed by atoms with Crippen LogP contribution in [0.25, 0.3) is 0 Å². The van der Waals surface area contributed by atoms with E-state index in [1.165, 1.54) is 0 Å². The Morgan fingerprint density at radius 2 is 1.68 bits per heavy atom. The van der Waals surface area contributed by atoms with Gasteiger partial charge in [0.2, 0.25) is 0 Å². The van der Waals surface area contributed by atoms with E-state index in [4.69, 9.17) is 26.0 Å². The Labute approximate surface area is 132 Å². The molecule has 0 aromatic heterocycles. The first-order valence-corrected chi connectivity index (χ1v) is 7.55. The summed E-state index contributed by atoms with van der Waals surface area (Å²) in [7, 11) is 0. The lowest BCUT2D eigenvalue weighted by molar-refractivity contribution is -0.160. The van der Waals surface area contributed by atoms with Gasteiger partial charge >= 0.3 is 11.9 Å². The third-order valence-corrected chi connectivity index (χ3v) is 3.32. The topological polar surface area (TPSA) is 125 Å².